The summed E-state index contributed by atoms with van der Waals surface area (Å²) in [5.74, 6) is 1.45. The summed E-state index contributed by atoms with van der Waals surface area (Å²) in [5, 5.41) is 8.86. The minimum atomic E-state index is 0.447. The van der Waals surface area contributed by atoms with Crippen molar-refractivity contribution in [2.45, 2.75) is 0 Å². The van der Waals surface area contributed by atoms with Gasteiger partial charge in [0.1, 0.15) is 18.1 Å². The first-order valence-corrected chi connectivity index (χ1v) is 4.26. The largest absolute Gasteiger partial charge is 0.497 e. The molecule has 0 N–H and O–H groups in total. The second-order valence-corrected chi connectivity index (χ2v) is 2.90. The van der Waals surface area contributed by atoms with Crippen molar-refractivity contribution < 1.29 is 9.47 Å². The molecule has 3 heteroatoms. The zero-order valence-corrected chi connectivity index (χ0v) is 7.78. The molecule has 1 aromatic rings. The number of fused-ring (bicyclic) bond motifs is 1. The fourth-order valence-corrected chi connectivity index (χ4v) is 1.40. The van der Waals surface area contributed by atoms with Crippen molar-refractivity contribution in [3.63, 3.8) is 0 Å². The molecule has 0 fully saturated rings. The van der Waals surface area contributed by atoms with Gasteiger partial charge >= 0.3 is 0 Å². The molecule has 0 amide bonds. The van der Waals surface area contributed by atoms with Gasteiger partial charge in [-0.05, 0) is 18.2 Å². The number of hydrogen-bond acceptors (Lipinski definition) is 3. The smallest absolute Gasteiger partial charge is 0.132 e. The van der Waals surface area contributed by atoms with Gasteiger partial charge in [0.25, 0.3) is 0 Å². The summed E-state index contributed by atoms with van der Waals surface area (Å²) >= 11 is 0. The zero-order chi connectivity index (χ0) is 9.97. The minimum absolute atomic E-state index is 0.447. The highest BCUT2D eigenvalue weighted by atomic mass is 16.5. The molecule has 14 heavy (non-hydrogen) atoms. The molecule has 1 aliphatic rings. The first kappa shape index (κ1) is 8.64. The standard InChI is InChI=1S/C11H9NO2/c1-13-9-2-3-10-8(7-12)4-5-14-11(10)6-9/h2-4,6H,5H2,1H3. The molecule has 2 rings (SSSR count). The third-order valence-corrected chi connectivity index (χ3v) is 2.13. The first-order chi connectivity index (χ1) is 6.85. The first-order valence-electron chi connectivity index (χ1n) is 4.26. The molecule has 0 radical (unpaired) electrons. The molecule has 0 aliphatic carbocycles. The third-order valence-electron chi connectivity index (χ3n) is 2.13. The van der Waals surface area contributed by atoms with E-state index in [1.807, 2.05) is 12.1 Å². The van der Waals surface area contributed by atoms with Crippen molar-refractivity contribution in [1.29, 1.82) is 5.26 Å². The maximum atomic E-state index is 8.86. The average molecular weight is 187 g/mol. The quantitative estimate of drug-likeness (QED) is 0.675. The van der Waals surface area contributed by atoms with E-state index >= 15 is 0 Å². The highest BCUT2D eigenvalue weighted by Gasteiger charge is 2.13. The Labute approximate surface area is 82.2 Å². The molecule has 70 valence electrons. The van der Waals surface area contributed by atoms with Crippen LogP contribution < -0.4 is 9.47 Å². The van der Waals surface area contributed by atoms with E-state index < -0.39 is 0 Å². The van der Waals surface area contributed by atoms with E-state index in [4.69, 9.17) is 14.7 Å². The van der Waals surface area contributed by atoms with E-state index in [1.54, 1.807) is 19.3 Å². The molecule has 1 aromatic carbocycles. The predicted molar refractivity (Wildman–Crippen MR) is 52.1 cm³/mol. The lowest BCUT2D eigenvalue weighted by Crippen LogP contribution is -2.03. The average Bonchev–Trinajstić information content (AvgIpc) is 2.27. The van der Waals surface area contributed by atoms with E-state index in [0.717, 1.165) is 11.3 Å². The lowest BCUT2D eigenvalue weighted by atomic mass is 10.0. The van der Waals surface area contributed by atoms with E-state index in [9.17, 15) is 0 Å². The van der Waals surface area contributed by atoms with Crippen molar-refractivity contribution in [2.75, 3.05) is 13.7 Å². The molecule has 0 atom stereocenters. The number of methoxy groups -OCH3 is 1. The SMILES string of the molecule is COc1ccc2c(c1)OCC=C2C#N. The van der Waals surface area contributed by atoms with E-state index in [0.29, 0.717) is 17.9 Å². The van der Waals surface area contributed by atoms with E-state index in [2.05, 4.69) is 6.07 Å². The Bertz CT molecular complexity index is 429. The lowest BCUT2D eigenvalue weighted by Gasteiger charge is -2.15. The molecular formula is C11H9NO2. The molecule has 0 unspecified atom stereocenters. The Morgan fingerprint density at radius 3 is 3.07 bits per heavy atom. The summed E-state index contributed by atoms with van der Waals surface area (Å²) in [6, 6.07) is 7.58. The fraction of sp³-hybridized carbons (Fsp3) is 0.182. The number of nitriles is 1. The molecular weight excluding hydrogens is 178 g/mol. The highest BCUT2D eigenvalue weighted by molar-refractivity contribution is 5.81. The van der Waals surface area contributed by atoms with Crippen molar-refractivity contribution in [2.24, 2.45) is 0 Å². The van der Waals surface area contributed by atoms with Gasteiger partial charge in [0.05, 0.1) is 18.8 Å². The number of benzene rings is 1. The number of ether oxygens (including phenoxy) is 2. The van der Waals surface area contributed by atoms with Gasteiger partial charge in [-0.15, -0.1) is 0 Å². The topological polar surface area (TPSA) is 42.2 Å². The summed E-state index contributed by atoms with van der Waals surface area (Å²) in [6.07, 6.45) is 1.77. The molecule has 0 bridgehead atoms. The number of nitrogens with zero attached hydrogens (tertiary/aromatic N) is 1. The van der Waals surface area contributed by atoms with Crippen molar-refractivity contribution >= 4 is 5.57 Å². The van der Waals surface area contributed by atoms with Crippen molar-refractivity contribution in [1.82, 2.24) is 0 Å². The normalized spacial score (nSPS) is 13.3. The van der Waals surface area contributed by atoms with Crippen LogP contribution in [0.5, 0.6) is 11.5 Å². The van der Waals surface area contributed by atoms with Crippen LogP contribution in [0.3, 0.4) is 0 Å². The van der Waals surface area contributed by atoms with Gasteiger partial charge in [-0.2, -0.15) is 5.26 Å². The van der Waals surface area contributed by atoms with Crippen molar-refractivity contribution in [3.05, 3.63) is 29.8 Å². The second kappa shape index (κ2) is 3.43. The summed E-state index contributed by atoms with van der Waals surface area (Å²) in [5.41, 5.74) is 1.49. The van der Waals surface area contributed by atoms with Crippen LogP contribution >= 0.6 is 0 Å². The maximum absolute atomic E-state index is 8.86. The molecule has 0 saturated heterocycles. The second-order valence-electron chi connectivity index (χ2n) is 2.90. The lowest BCUT2D eigenvalue weighted by molar-refractivity contribution is 0.352. The molecule has 1 aliphatic heterocycles. The van der Waals surface area contributed by atoms with Gasteiger partial charge in [-0.1, -0.05) is 0 Å². The maximum Gasteiger partial charge on any atom is 0.132 e. The van der Waals surface area contributed by atoms with Crippen LogP contribution in [0, 0.1) is 11.3 Å². The zero-order valence-electron chi connectivity index (χ0n) is 7.78. The van der Waals surface area contributed by atoms with E-state index in [-0.39, 0.29) is 0 Å². The van der Waals surface area contributed by atoms with Crippen LogP contribution in [0.1, 0.15) is 5.56 Å². The van der Waals surface area contributed by atoms with Crippen LogP contribution in [0.15, 0.2) is 24.3 Å². The molecule has 0 saturated carbocycles. The van der Waals surface area contributed by atoms with Gasteiger partial charge in [0.2, 0.25) is 0 Å². The molecule has 0 aromatic heterocycles. The Hall–Kier alpha value is -1.95. The third kappa shape index (κ3) is 1.31. The van der Waals surface area contributed by atoms with Gasteiger partial charge < -0.3 is 9.47 Å². The van der Waals surface area contributed by atoms with Gasteiger partial charge in [0.15, 0.2) is 0 Å². The van der Waals surface area contributed by atoms with Crippen LogP contribution in [0.2, 0.25) is 0 Å². The van der Waals surface area contributed by atoms with E-state index in [1.165, 1.54) is 0 Å². The van der Waals surface area contributed by atoms with Gasteiger partial charge in [-0.25, -0.2) is 0 Å². The number of allylic oxidation sites excluding steroid dienone is 1. The minimum Gasteiger partial charge on any atom is -0.497 e. The van der Waals surface area contributed by atoms with Crippen LogP contribution in [0.25, 0.3) is 5.57 Å². The Kier molecular flexibility index (Phi) is 2.11. The van der Waals surface area contributed by atoms with Crippen LogP contribution in [-0.2, 0) is 0 Å². The summed E-state index contributed by atoms with van der Waals surface area (Å²) in [4.78, 5) is 0. The summed E-state index contributed by atoms with van der Waals surface area (Å²) in [6.45, 7) is 0.447. The molecule has 0 spiro atoms. The Morgan fingerprint density at radius 2 is 2.36 bits per heavy atom. The van der Waals surface area contributed by atoms with Crippen LogP contribution in [-0.4, -0.2) is 13.7 Å². The number of rotatable bonds is 1. The highest BCUT2D eigenvalue weighted by Crippen LogP contribution is 2.32. The summed E-state index contributed by atoms with van der Waals surface area (Å²) < 4.78 is 10.5. The predicted octanol–water partition coefficient (Wildman–Crippen LogP) is 1.99. The Morgan fingerprint density at radius 1 is 1.50 bits per heavy atom. The molecule has 3 nitrogen and oxygen atoms in total. The van der Waals surface area contributed by atoms with Crippen LogP contribution in [0.4, 0.5) is 0 Å². The van der Waals surface area contributed by atoms with Gasteiger partial charge in [0, 0.05) is 11.6 Å². The fourth-order valence-electron chi connectivity index (χ4n) is 1.40. The Balaban J connectivity index is 2.50. The monoisotopic (exact) mass is 187 g/mol. The van der Waals surface area contributed by atoms with Gasteiger partial charge in [-0.3, -0.25) is 0 Å². The molecule has 1 heterocycles. The van der Waals surface area contributed by atoms with Crippen molar-refractivity contribution in [3.8, 4) is 17.6 Å². The number of hydrogen-bond donors (Lipinski definition) is 0. The summed E-state index contributed by atoms with van der Waals surface area (Å²) in [7, 11) is 1.60.